The highest BCUT2D eigenvalue weighted by molar-refractivity contribution is 5.64. The monoisotopic (exact) mass is 264 g/mol. The van der Waals surface area contributed by atoms with Gasteiger partial charge in [0.2, 0.25) is 0 Å². The van der Waals surface area contributed by atoms with Gasteiger partial charge in [-0.3, -0.25) is 0 Å². The van der Waals surface area contributed by atoms with Crippen LogP contribution in [0.15, 0.2) is 0 Å². The molecule has 4 nitrogen and oxygen atoms in total. The Kier molecular flexibility index (Phi) is 4.72. The lowest BCUT2D eigenvalue weighted by Crippen LogP contribution is -2.12. The van der Waals surface area contributed by atoms with Crippen LogP contribution >= 0.6 is 0 Å². The highest BCUT2D eigenvalue weighted by Crippen LogP contribution is 2.29. The number of aryl methyl sites for hydroxylation is 1. The average molecular weight is 264 g/mol. The van der Waals surface area contributed by atoms with E-state index in [9.17, 15) is 0 Å². The zero-order valence-electron chi connectivity index (χ0n) is 12.6. The molecule has 1 heterocycles. The van der Waals surface area contributed by atoms with Crippen molar-refractivity contribution in [2.45, 2.75) is 65.3 Å². The molecule has 0 aromatic carbocycles. The summed E-state index contributed by atoms with van der Waals surface area (Å²) in [6.07, 6.45) is 8.32. The van der Waals surface area contributed by atoms with Gasteiger partial charge in [-0.05, 0) is 39.5 Å². The van der Waals surface area contributed by atoms with Crippen LogP contribution in [-0.4, -0.2) is 16.3 Å². The van der Waals surface area contributed by atoms with Crippen LogP contribution < -0.4 is 11.1 Å². The molecule has 1 aromatic heterocycles. The molecule has 108 valence electrons. The van der Waals surface area contributed by atoms with Crippen LogP contribution in [-0.2, 0) is 0 Å². The molecule has 1 aromatic rings. The predicted molar refractivity (Wildman–Crippen MR) is 81.4 cm³/mol. The molecule has 1 fully saturated rings. The molecule has 1 aliphatic carbocycles. The first-order valence-corrected chi connectivity index (χ1v) is 7.68. The molecule has 0 unspecified atom stereocenters. The van der Waals surface area contributed by atoms with Gasteiger partial charge in [0, 0.05) is 12.6 Å². The van der Waals surface area contributed by atoms with Gasteiger partial charge in [-0.15, -0.1) is 0 Å². The molecule has 4 heteroatoms. The Labute approximate surface area is 116 Å². The smallest absolute Gasteiger partial charge is 0.148 e. The zero-order chi connectivity index (χ0) is 13.8. The van der Waals surface area contributed by atoms with Crippen LogP contribution in [0.3, 0.4) is 0 Å². The van der Waals surface area contributed by atoms with Gasteiger partial charge in [0.15, 0.2) is 0 Å². The maximum absolute atomic E-state index is 6.10. The van der Waals surface area contributed by atoms with Crippen LogP contribution in [0.25, 0.3) is 0 Å². The average Bonchev–Trinajstić information content (AvgIpc) is 2.97. The summed E-state index contributed by atoms with van der Waals surface area (Å²) in [5, 5.41) is 7.98. The van der Waals surface area contributed by atoms with E-state index < -0.39 is 0 Å². The van der Waals surface area contributed by atoms with E-state index in [4.69, 9.17) is 5.73 Å². The molecule has 1 aliphatic rings. The summed E-state index contributed by atoms with van der Waals surface area (Å²) >= 11 is 0. The Balaban J connectivity index is 1.84. The van der Waals surface area contributed by atoms with E-state index in [1.165, 1.54) is 38.5 Å². The zero-order valence-corrected chi connectivity index (χ0v) is 12.6. The Morgan fingerprint density at radius 3 is 2.68 bits per heavy atom. The second-order valence-corrected chi connectivity index (χ2v) is 6.11. The van der Waals surface area contributed by atoms with E-state index in [1.54, 1.807) is 0 Å². The van der Waals surface area contributed by atoms with Crippen LogP contribution in [0.5, 0.6) is 0 Å². The molecule has 0 radical (unpaired) electrons. The summed E-state index contributed by atoms with van der Waals surface area (Å²) in [4.78, 5) is 0. The second kappa shape index (κ2) is 6.31. The Hall–Kier alpha value is -1.19. The third-order valence-electron chi connectivity index (χ3n) is 4.18. The molecular weight excluding hydrogens is 236 g/mol. The quantitative estimate of drug-likeness (QED) is 0.770. The first-order chi connectivity index (χ1) is 9.09. The van der Waals surface area contributed by atoms with Gasteiger partial charge in [0.25, 0.3) is 0 Å². The van der Waals surface area contributed by atoms with Crippen molar-refractivity contribution in [2.24, 2.45) is 5.92 Å². The maximum atomic E-state index is 6.10. The number of nitrogens with zero attached hydrogens (tertiary/aromatic N) is 2. The minimum atomic E-state index is 0.341. The molecule has 0 atom stereocenters. The van der Waals surface area contributed by atoms with Crippen LogP contribution in [0, 0.1) is 12.8 Å². The molecule has 0 amide bonds. The Morgan fingerprint density at radius 2 is 2.05 bits per heavy atom. The minimum absolute atomic E-state index is 0.341. The third-order valence-corrected chi connectivity index (χ3v) is 4.18. The summed E-state index contributed by atoms with van der Waals surface area (Å²) in [6.45, 7) is 7.24. The fourth-order valence-corrected chi connectivity index (χ4v) is 3.01. The normalized spacial score (nSPS) is 16.4. The van der Waals surface area contributed by atoms with E-state index in [1.807, 2.05) is 11.6 Å². The van der Waals surface area contributed by atoms with Crippen molar-refractivity contribution >= 4 is 11.5 Å². The van der Waals surface area contributed by atoms with E-state index in [0.29, 0.717) is 6.04 Å². The van der Waals surface area contributed by atoms with Crippen molar-refractivity contribution in [1.29, 1.82) is 0 Å². The van der Waals surface area contributed by atoms with Crippen molar-refractivity contribution in [3.05, 3.63) is 5.69 Å². The van der Waals surface area contributed by atoms with Gasteiger partial charge in [-0.1, -0.05) is 25.7 Å². The first kappa shape index (κ1) is 14.2. The van der Waals surface area contributed by atoms with Crippen LogP contribution in [0.1, 0.15) is 64.1 Å². The molecule has 19 heavy (non-hydrogen) atoms. The van der Waals surface area contributed by atoms with Gasteiger partial charge >= 0.3 is 0 Å². The predicted octanol–water partition coefficient (Wildman–Crippen LogP) is 3.74. The fraction of sp³-hybridized carbons (Fsp3) is 0.800. The standard InChI is InChI=1S/C15H28N4/c1-11(2)19-15(14(16)12(3)18-19)17-10-6-9-13-7-4-5-8-13/h11,13,17H,4-10,16H2,1-3H3. The Morgan fingerprint density at radius 1 is 1.37 bits per heavy atom. The minimum Gasteiger partial charge on any atom is -0.394 e. The second-order valence-electron chi connectivity index (χ2n) is 6.11. The molecular formula is C15H28N4. The highest BCUT2D eigenvalue weighted by Gasteiger charge is 2.16. The molecule has 0 saturated heterocycles. The van der Waals surface area contributed by atoms with E-state index in [-0.39, 0.29) is 0 Å². The van der Waals surface area contributed by atoms with Crippen molar-refractivity contribution in [2.75, 3.05) is 17.6 Å². The molecule has 0 spiro atoms. The molecule has 0 bridgehead atoms. The summed E-state index contributed by atoms with van der Waals surface area (Å²) in [6, 6.07) is 0.341. The molecule has 2 rings (SSSR count). The van der Waals surface area contributed by atoms with Crippen molar-refractivity contribution in [1.82, 2.24) is 9.78 Å². The summed E-state index contributed by atoms with van der Waals surface area (Å²) in [5.41, 5.74) is 7.82. The van der Waals surface area contributed by atoms with Gasteiger partial charge in [-0.25, -0.2) is 4.68 Å². The number of hydrogen-bond donors (Lipinski definition) is 2. The number of nitrogen functional groups attached to an aromatic ring is 1. The number of nitrogens with one attached hydrogen (secondary N) is 1. The van der Waals surface area contributed by atoms with Crippen LogP contribution in [0.2, 0.25) is 0 Å². The lowest BCUT2D eigenvalue weighted by atomic mass is 10.0. The van der Waals surface area contributed by atoms with Gasteiger partial charge < -0.3 is 11.1 Å². The van der Waals surface area contributed by atoms with Crippen molar-refractivity contribution in [3.8, 4) is 0 Å². The van der Waals surface area contributed by atoms with E-state index in [2.05, 4.69) is 24.3 Å². The van der Waals surface area contributed by atoms with Gasteiger partial charge in [0.1, 0.15) is 5.82 Å². The van der Waals surface area contributed by atoms with E-state index >= 15 is 0 Å². The lowest BCUT2D eigenvalue weighted by Gasteiger charge is -2.14. The summed E-state index contributed by atoms with van der Waals surface area (Å²) in [7, 11) is 0. The lowest BCUT2D eigenvalue weighted by molar-refractivity contribution is 0.489. The van der Waals surface area contributed by atoms with Gasteiger partial charge in [0.05, 0.1) is 11.4 Å². The molecule has 0 aliphatic heterocycles. The highest BCUT2D eigenvalue weighted by atomic mass is 15.4. The maximum Gasteiger partial charge on any atom is 0.148 e. The SMILES string of the molecule is Cc1nn(C(C)C)c(NCCCC2CCCC2)c1N. The largest absolute Gasteiger partial charge is 0.394 e. The Bertz CT molecular complexity index is 403. The molecule has 1 saturated carbocycles. The van der Waals surface area contributed by atoms with Crippen molar-refractivity contribution in [3.63, 3.8) is 0 Å². The number of hydrogen-bond acceptors (Lipinski definition) is 3. The summed E-state index contributed by atoms with van der Waals surface area (Å²) in [5.74, 6) is 1.97. The topological polar surface area (TPSA) is 55.9 Å². The number of nitrogens with two attached hydrogens (primary N) is 1. The van der Waals surface area contributed by atoms with Gasteiger partial charge in [-0.2, -0.15) is 5.10 Å². The third kappa shape index (κ3) is 3.43. The first-order valence-electron chi connectivity index (χ1n) is 7.68. The fourth-order valence-electron chi connectivity index (χ4n) is 3.01. The van der Waals surface area contributed by atoms with Crippen LogP contribution in [0.4, 0.5) is 11.5 Å². The number of rotatable bonds is 6. The van der Waals surface area contributed by atoms with Crippen molar-refractivity contribution < 1.29 is 0 Å². The number of aromatic nitrogens is 2. The summed E-state index contributed by atoms with van der Waals surface area (Å²) < 4.78 is 2.00. The number of anilines is 2. The molecule has 3 N–H and O–H groups in total. The van der Waals surface area contributed by atoms with E-state index in [0.717, 1.165) is 29.7 Å².